The monoisotopic (exact) mass is 259 g/mol. The summed E-state index contributed by atoms with van der Waals surface area (Å²) in [6.45, 7) is -0.731. The van der Waals surface area contributed by atoms with Gasteiger partial charge in [-0.1, -0.05) is 18.2 Å². The standard InChI is InChI=1S/C12H15F2NO3/c1-9-4-2-3-5-10(9)18-6-11(17)15-7-12(13,14)8-16/h2-5,16H,6-8H2,1H3,(H,15,17). The van der Waals surface area contributed by atoms with E-state index >= 15 is 0 Å². The van der Waals surface area contributed by atoms with Gasteiger partial charge in [-0.25, -0.2) is 8.78 Å². The van der Waals surface area contributed by atoms with Crippen molar-refractivity contribution < 1.29 is 23.4 Å². The van der Waals surface area contributed by atoms with Crippen LogP contribution in [0.25, 0.3) is 0 Å². The van der Waals surface area contributed by atoms with Crippen molar-refractivity contribution in [2.75, 3.05) is 19.8 Å². The SMILES string of the molecule is Cc1ccccc1OCC(=O)NCC(F)(F)CO. The first-order valence-corrected chi connectivity index (χ1v) is 5.38. The van der Waals surface area contributed by atoms with Gasteiger partial charge in [0.2, 0.25) is 0 Å². The molecule has 0 unspecified atom stereocenters. The van der Waals surface area contributed by atoms with E-state index < -0.39 is 25.0 Å². The molecule has 0 aliphatic heterocycles. The van der Waals surface area contributed by atoms with Gasteiger partial charge in [0.1, 0.15) is 12.4 Å². The summed E-state index contributed by atoms with van der Waals surface area (Å²) in [6, 6.07) is 7.07. The number of aliphatic hydroxyl groups is 1. The predicted molar refractivity (Wildman–Crippen MR) is 61.7 cm³/mol. The summed E-state index contributed by atoms with van der Waals surface area (Å²) in [5.41, 5.74) is 0.853. The third kappa shape index (κ3) is 4.67. The average molecular weight is 259 g/mol. The van der Waals surface area contributed by atoms with Crippen molar-refractivity contribution in [1.29, 1.82) is 0 Å². The molecule has 1 aromatic rings. The Balaban J connectivity index is 2.36. The number of para-hydroxylation sites is 1. The number of carbonyl (C=O) groups excluding carboxylic acids is 1. The van der Waals surface area contributed by atoms with E-state index in [2.05, 4.69) is 0 Å². The molecule has 6 heteroatoms. The molecular formula is C12H15F2NO3. The topological polar surface area (TPSA) is 58.6 Å². The Hall–Kier alpha value is -1.69. The highest BCUT2D eigenvalue weighted by atomic mass is 19.3. The van der Waals surface area contributed by atoms with E-state index in [-0.39, 0.29) is 6.61 Å². The number of aliphatic hydroxyl groups excluding tert-OH is 1. The van der Waals surface area contributed by atoms with Gasteiger partial charge in [0.15, 0.2) is 6.61 Å². The number of halogens is 2. The second-order valence-electron chi connectivity index (χ2n) is 3.84. The average Bonchev–Trinajstić information content (AvgIpc) is 2.35. The second-order valence-corrected chi connectivity index (χ2v) is 3.84. The van der Waals surface area contributed by atoms with Crippen LogP contribution in [0.1, 0.15) is 5.56 Å². The van der Waals surface area contributed by atoms with E-state index in [1.807, 2.05) is 24.4 Å². The number of nitrogens with one attached hydrogen (secondary N) is 1. The van der Waals surface area contributed by atoms with E-state index in [4.69, 9.17) is 9.84 Å². The van der Waals surface area contributed by atoms with Gasteiger partial charge >= 0.3 is 0 Å². The number of hydrogen-bond acceptors (Lipinski definition) is 3. The van der Waals surface area contributed by atoms with E-state index in [0.717, 1.165) is 5.56 Å². The molecule has 0 heterocycles. The molecular weight excluding hydrogens is 244 g/mol. The largest absolute Gasteiger partial charge is 0.484 e. The van der Waals surface area contributed by atoms with Gasteiger partial charge in [-0.05, 0) is 18.6 Å². The van der Waals surface area contributed by atoms with Gasteiger partial charge in [-0.15, -0.1) is 0 Å². The highest BCUT2D eigenvalue weighted by molar-refractivity contribution is 5.77. The Morgan fingerprint density at radius 3 is 2.72 bits per heavy atom. The number of hydrogen-bond donors (Lipinski definition) is 2. The van der Waals surface area contributed by atoms with Crippen molar-refractivity contribution >= 4 is 5.91 Å². The van der Waals surface area contributed by atoms with Crippen molar-refractivity contribution in [2.24, 2.45) is 0 Å². The molecule has 0 spiro atoms. The van der Waals surface area contributed by atoms with Crippen LogP contribution < -0.4 is 10.1 Å². The van der Waals surface area contributed by atoms with Crippen molar-refractivity contribution in [2.45, 2.75) is 12.8 Å². The molecule has 1 rings (SSSR count). The summed E-state index contributed by atoms with van der Waals surface area (Å²) >= 11 is 0. The molecule has 0 radical (unpaired) electrons. The summed E-state index contributed by atoms with van der Waals surface area (Å²) < 4.78 is 30.4. The number of rotatable bonds is 6. The Morgan fingerprint density at radius 1 is 1.44 bits per heavy atom. The molecule has 0 aromatic heterocycles. The first-order valence-electron chi connectivity index (χ1n) is 5.38. The van der Waals surface area contributed by atoms with Crippen LogP contribution in [0.15, 0.2) is 24.3 Å². The number of aryl methyl sites for hydroxylation is 1. The fraction of sp³-hybridized carbons (Fsp3) is 0.417. The van der Waals surface area contributed by atoms with Crippen molar-refractivity contribution in [3.63, 3.8) is 0 Å². The highest BCUT2D eigenvalue weighted by Crippen LogP contribution is 2.15. The van der Waals surface area contributed by atoms with Gasteiger partial charge < -0.3 is 15.2 Å². The predicted octanol–water partition coefficient (Wildman–Crippen LogP) is 1.12. The Bertz CT molecular complexity index is 410. The first kappa shape index (κ1) is 14.4. The minimum atomic E-state index is -3.31. The molecule has 0 bridgehead atoms. The number of ether oxygens (including phenoxy) is 1. The summed E-state index contributed by atoms with van der Waals surface area (Å²) in [5, 5.41) is 10.3. The molecule has 0 aliphatic carbocycles. The van der Waals surface area contributed by atoms with Gasteiger partial charge in [-0.2, -0.15) is 0 Å². The maximum Gasteiger partial charge on any atom is 0.287 e. The molecule has 100 valence electrons. The van der Waals surface area contributed by atoms with Gasteiger partial charge in [0, 0.05) is 0 Å². The van der Waals surface area contributed by atoms with Gasteiger partial charge in [0.25, 0.3) is 11.8 Å². The van der Waals surface area contributed by atoms with Crippen LogP contribution in [0.3, 0.4) is 0 Å². The molecule has 18 heavy (non-hydrogen) atoms. The lowest BCUT2D eigenvalue weighted by atomic mass is 10.2. The smallest absolute Gasteiger partial charge is 0.287 e. The lowest BCUT2D eigenvalue weighted by molar-refractivity contribution is -0.126. The summed E-state index contributed by atoms with van der Waals surface area (Å²) in [4.78, 5) is 11.2. The zero-order valence-corrected chi connectivity index (χ0v) is 9.95. The molecule has 0 atom stereocenters. The lowest BCUT2D eigenvalue weighted by Crippen LogP contribution is -2.40. The molecule has 0 saturated carbocycles. The van der Waals surface area contributed by atoms with Crippen LogP contribution in [-0.2, 0) is 4.79 Å². The summed E-state index contributed by atoms with van der Waals surface area (Å²) in [6.07, 6.45) is 0. The molecule has 0 saturated heterocycles. The zero-order valence-electron chi connectivity index (χ0n) is 9.95. The van der Waals surface area contributed by atoms with Crippen molar-refractivity contribution in [3.05, 3.63) is 29.8 Å². The summed E-state index contributed by atoms with van der Waals surface area (Å²) in [5.74, 6) is -3.44. The van der Waals surface area contributed by atoms with Crippen LogP contribution in [0, 0.1) is 6.92 Å². The lowest BCUT2D eigenvalue weighted by Gasteiger charge is -2.14. The Morgan fingerprint density at radius 2 is 2.11 bits per heavy atom. The number of benzene rings is 1. The molecule has 4 nitrogen and oxygen atoms in total. The van der Waals surface area contributed by atoms with E-state index in [1.165, 1.54) is 0 Å². The quantitative estimate of drug-likeness (QED) is 0.804. The van der Waals surface area contributed by atoms with E-state index in [9.17, 15) is 13.6 Å². The Kier molecular flexibility index (Phi) is 5.03. The normalized spacial score (nSPS) is 11.1. The molecule has 0 fully saturated rings. The molecule has 2 N–H and O–H groups in total. The summed E-state index contributed by atoms with van der Waals surface area (Å²) in [7, 11) is 0. The minimum absolute atomic E-state index is 0.341. The van der Waals surface area contributed by atoms with Gasteiger partial charge in [0.05, 0.1) is 6.54 Å². The zero-order chi connectivity index (χ0) is 13.6. The van der Waals surface area contributed by atoms with Crippen LogP contribution in [0.4, 0.5) is 8.78 Å². The molecule has 0 aliphatic rings. The fourth-order valence-corrected chi connectivity index (χ4v) is 1.20. The van der Waals surface area contributed by atoms with Crippen LogP contribution in [-0.4, -0.2) is 36.7 Å². The fourth-order valence-electron chi connectivity index (χ4n) is 1.20. The van der Waals surface area contributed by atoms with Crippen molar-refractivity contribution in [1.82, 2.24) is 5.32 Å². The van der Waals surface area contributed by atoms with E-state index in [1.54, 1.807) is 12.1 Å². The third-order valence-corrected chi connectivity index (χ3v) is 2.23. The van der Waals surface area contributed by atoms with E-state index in [0.29, 0.717) is 5.75 Å². The number of carbonyl (C=O) groups is 1. The molecule has 1 aromatic carbocycles. The number of amides is 1. The second kappa shape index (κ2) is 6.30. The molecule has 1 amide bonds. The van der Waals surface area contributed by atoms with Gasteiger partial charge in [-0.3, -0.25) is 4.79 Å². The Labute approximate surface area is 104 Å². The third-order valence-electron chi connectivity index (χ3n) is 2.23. The highest BCUT2D eigenvalue weighted by Gasteiger charge is 2.28. The first-order chi connectivity index (χ1) is 8.44. The van der Waals surface area contributed by atoms with Crippen LogP contribution >= 0.6 is 0 Å². The van der Waals surface area contributed by atoms with Crippen LogP contribution in [0.5, 0.6) is 5.75 Å². The van der Waals surface area contributed by atoms with Crippen molar-refractivity contribution in [3.8, 4) is 5.75 Å². The maximum atomic E-state index is 12.6. The minimum Gasteiger partial charge on any atom is -0.484 e. The van der Waals surface area contributed by atoms with Crippen LogP contribution in [0.2, 0.25) is 0 Å². The maximum absolute atomic E-state index is 12.6. The number of alkyl halides is 2.